The van der Waals surface area contributed by atoms with Crippen molar-refractivity contribution in [2.45, 2.75) is 32.2 Å². The average molecular weight is 277 g/mol. The van der Waals surface area contributed by atoms with E-state index in [1.165, 1.54) is 0 Å². The molecule has 1 heterocycles. The molecule has 0 spiro atoms. The molecular formula is C10H17BrN2O2. The number of carbonyl (C=O) groups is 2. The van der Waals surface area contributed by atoms with E-state index in [0.29, 0.717) is 18.3 Å². The van der Waals surface area contributed by atoms with Gasteiger partial charge in [0.2, 0.25) is 11.8 Å². The third-order valence-electron chi connectivity index (χ3n) is 2.91. The average Bonchev–Trinajstić information content (AvgIpc) is 2.18. The van der Waals surface area contributed by atoms with Crippen molar-refractivity contribution in [2.75, 3.05) is 11.9 Å². The van der Waals surface area contributed by atoms with E-state index in [1.807, 2.05) is 6.92 Å². The highest BCUT2D eigenvalue weighted by atomic mass is 79.9. The maximum absolute atomic E-state index is 11.7. The lowest BCUT2D eigenvalue weighted by Gasteiger charge is -2.36. The molecule has 0 aliphatic carbocycles. The van der Waals surface area contributed by atoms with E-state index in [9.17, 15) is 9.59 Å². The van der Waals surface area contributed by atoms with Crippen LogP contribution in [0.3, 0.4) is 0 Å². The third kappa shape index (κ3) is 3.19. The summed E-state index contributed by atoms with van der Waals surface area (Å²) in [4.78, 5) is 24.6. The van der Waals surface area contributed by atoms with Gasteiger partial charge in [0.05, 0.1) is 5.92 Å². The van der Waals surface area contributed by atoms with E-state index in [4.69, 9.17) is 5.73 Å². The van der Waals surface area contributed by atoms with E-state index in [-0.39, 0.29) is 23.8 Å². The van der Waals surface area contributed by atoms with E-state index < -0.39 is 0 Å². The highest BCUT2D eigenvalue weighted by Crippen LogP contribution is 2.22. The molecule has 0 aromatic heterocycles. The first-order valence-corrected chi connectivity index (χ1v) is 6.33. The molecule has 86 valence electrons. The van der Waals surface area contributed by atoms with Gasteiger partial charge in [0, 0.05) is 24.3 Å². The van der Waals surface area contributed by atoms with Crippen LogP contribution in [0.1, 0.15) is 26.2 Å². The fraction of sp³-hybridized carbons (Fsp3) is 0.800. The Bertz CT molecular complexity index is 258. The smallest absolute Gasteiger partial charge is 0.223 e. The van der Waals surface area contributed by atoms with Crippen LogP contribution in [0.15, 0.2) is 0 Å². The molecule has 5 heteroatoms. The van der Waals surface area contributed by atoms with Crippen LogP contribution in [0.2, 0.25) is 0 Å². The molecule has 1 aliphatic rings. The number of nitrogens with zero attached hydrogens (tertiary/aromatic N) is 1. The number of piperidine rings is 1. The van der Waals surface area contributed by atoms with E-state index >= 15 is 0 Å². The van der Waals surface area contributed by atoms with Crippen molar-refractivity contribution in [3.05, 3.63) is 0 Å². The van der Waals surface area contributed by atoms with E-state index in [1.54, 1.807) is 4.90 Å². The van der Waals surface area contributed by atoms with Gasteiger partial charge in [0.15, 0.2) is 0 Å². The maximum Gasteiger partial charge on any atom is 0.223 e. The minimum absolute atomic E-state index is 0.102. The van der Waals surface area contributed by atoms with Crippen LogP contribution in [0.4, 0.5) is 0 Å². The lowest BCUT2D eigenvalue weighted by atomic mass is 9.93. The Kier molecular flexibility index (Phi) is 4.57. The third-order valence-corrected chi connectivity index (χ3v) is 3.31. The second kappa shape index (κ2) is 5.49. The van der Waals surface area contributed by atoms with Gasteiger partial charge in [0.1, 0.15) is 0 Å². The predicted molar refractivity (Wildman–Crippen MR) is 61.5 cm³/mol. The van der Waals surface area contributed by atoms with Gasteiger partial charge >= 0.3 is 0 Å². The first-order chi connectivity index (χ1) is 7.06. The summed E-state index contributed by atoms with van der Waals surface area (Å²) in [5.74, 6) is -0.357. The first kappa shape index (κ1) is 12.5. The molecule has 2 amide bonds. The molecule has 0 saturated carbocycles. The zero-order chi connectivity index (χ0) is 11.4. The molecule has 4 nitrogen and oxygen atoms in total. The van der Waals surface area contributed by atoms with Gasteiger partial charge in [-0.05, 0) is 19.8 Å². The van der Waals surface area contributed by atoms with Crippen LogP contribution < -0.4 is 5.73 Å². The number of hydrogen-bond acceptors (Lipinski definition) is 2. The number of amides is 2. The van der Waals surface area contributed by atoms with Gasteiger partial charge < -0.3 is 10.6 Å². The Balaban J connectivity index is 2.60. The zero-order valence-electron chi connectivity index (χ0n) is 8.91. The molecule has 15 heavy (non-hydrogen) atoms. The molecule has 1 rings (SSSR count). The summed E-state index contributed by atoms with van der Waals surface area (Å²) in [6, 6.07) is 0.229. The predicted octanol–water partition coefficient (Wildman–Crippen LogP) is 0.884. The summed E-state index contributed by atoms with van der Waals surface area (Å²) < 4.78 is 0. The fourth-order valence-corrected chi connectivity index (χ4v) is 2.25. The van der Waals surface area contributed by atoms with Gasteiger partial charge in [-0.15, -0.1) is 0 Å². The Labute approximate surface area is 98.3 Å². The van der Waals surface area contributed by atoms with Crippen LogP contribution >= 0.6 is 15.9 Å². The molecule has 2 N–H and O–H groups in total. The van der Waals surface area contributed by atoms with Gasteiger partial charge in [-0.2, -0.15) is 0 Å². The number of alkyl halides is 1. The van der Waals surface area contributed by atoms with E-state index in [2.05, 4.69) is 15.9 Å². The Morgan fingerprint density at radius 3 is 2.67 bits per heavy atom. The second-order valence-corrected chi connectivity index (χ2v) is 4.80. The molecule has 0 bridgehead atoms. The number of rotatable bonds is 3. The number of primary amides is 1. The van der Waals surface area contributed by atoms with Crippen molar-refractivity contribution in [1.82, 2.24) is 4.90 Å². The highest BCUT2D eigenvalue weighted by molar-refractivity contribution is 9.09. The van der Waals surface area contributed by atoms with Crippen molar-refractivity contribution in [3.63, 3.8) is 0 Å². The summed E-state index contributed by atoms with van der Waals surface area (Å²) in [6.45, 7) is 2.51. The normalized spacial score (nSPS) is 26.4. The largest absolute Gasteiger partial charge is 0.369 e. The number of likely N-dealkylation sites (tertiary alicyclic amines) is 1. The first-order valence-electron chi connectivity index (χ1n) is 5.21. The molecular weight excluding hydrogens is 260 g/mol. The standard InChI is InChI=1S/C10H17BrN2O2/c1-7-2-3-8(10(12)15)6-13(7)9(14)4-5-11/h7-8H,2-6H2,1H3,(H2,12,15). The summed E-state index contributed by atoms with van der Waals surface area (Å²) in [7, 11) is 0. The number of halogens is 1. The number of nitrogens with two attached hydrogens (primary N) is 1. The monoisotopic (exact) mass is 276 g/mol. The molecule has 1 saturated heterocycles. The van der Waals surface area contributed by atoms with Crippen molar-refractivity contribution < 1.29 is 9.59 Å². The zero-order valence-corrected chi connectivity index (χ0v) is 10.5. The lowest BCUT2D eigenvalue weighted by molar-refractivity contribution is -0.137. The van der Waals surface area contributed by atoms with Crippen molar-refractivity contribution in [2.24, 2.45) is 11.7 Å². The molecule has 1 fully saturated rings. The molecule has 0 aromatic carbocycles. The Hall–Kier alpha value is -0.580. The summed E-state index contributed by atoms with van der Waals surface area (Å²) in [6.07, 6.45) is 2.14. The van der Waals surface area contributed by atoms with Gasteiger partial charge in [-0.25, -0.2) is 0 Å². The van der Waals surface area contributed by atoms with Crippen LogP contribution in [0, 0.1) is 5.92 Å². The summed E-state index contributed by atoms with van der Waals surface area (Å²) >= 11 is 3.24. The number of carbonyl (C=O) groups excluding carboxylic acids is 2. The molecule has 0 aromatic rings. The van der Waals surface area contributed by atoms with E-state index in [0.717, 1.165) is 12.8 Å². The van der Waals surface area contributed by atoms with Crippen LogP contribution in [-0.2, 0) is 9.59 Å². The Morgan fingerprint density at radius 1 is 1.47 bits per heavy atom. The molecule has 2 unspecified atom stereocenters. The molecule has 2 atom stereocenters. The van der Waals surface area contributed by atoms with Gasteiger partial charge in [0.25, 0.3) is 0 Å². The van der Waals surface area contributed by atoms with Crippen LogP contribution in [0.25, 0.3) is 0 Å². The topological polar surface area (TPSA) is 63.4 Å². The van der Waals surface area contributed by atoms with Crippen molar-refractivity contribution in [1.29, 1.82) is 0 Å². The Morgan fingerprint density at radius 2 is 2.13 bits per heavy atom. The van der Waals surface area contributed by atoms with Crippen LogP contribution in [0.5, 0.6) is 0 Å². The van der Waals surface area contributed by atoms with Gasteiger partial charge in [-0.3, -0.25) is 9.59 Å². The summed E-state index contributed by atoms with van der Waals surface area (Å²) in [5, 5.41) is 0.663. The number of hydrogen-bond donors (Lipinski definition) is 1. The van der Waals surface area contributed by atoms with Crippen molar-refractivity contribution >= 4 is 27.7 Å². The maximum atomic E-state index is 11.7. The lowest BCUT2D eigenvalue weighted by Crippen LogP contribution is -2.48. The SMILES string of the molecule is CC1CCC(C(N)=O)CN1C(=O)CCBr. The van der Waals surface area contributed by atoms with Crippen LogP contribution in [-0.4, -0.2) is 34.6 Å². The van der Waals surface area contributed by atoms with Crippen molar-refractivity contribution in [3.8, 4) is 0 Å². The molecule has 0 radical (unpaired) electrons. The second-order valence-electron chi connectivity index (χ2n) is 4.01. The van der Waals surface area contributed by atoms with Gasteiger partial charge in [-0.1, -0.05) is 15.9 Å². The minimum atomic E-state index is -0.293. The highest BCUT2D eigenvalue weighted by Gasteiger charge is 2.30. The molecule has 1 aliphatic heterocycles. The summed E-state index contributed by atoms with van der Waals surface area (Å²) in [5.41, 5.74) is 5.26. The fourth-order valence-electron chi connectivity index (χ4n) is 1.91. The quantitative estimate of drug-likeness (QED) is 0.778. The minimum Gasteiger partial charge on any atom is -0.369 e.